The molecule has 0 spiro atoms. The molecule has 1 aromatic carbocycles. The molecule has 0 radical (unpaired) electrons. The van der Waals surface area contributed by atoms with Gasteiger partial charge < -0.3 is 0 Å². The fraction of sp³-hybridized carbons (Fsp3) is 0.125. The molecule has 0 bridgehead atoms. The van der Waals surface area contributed by atoms with Gasteiger partial charge in [-0.15, -0.1) is 0 Å². The van der Waals surface area contributed by atoms with Gasteiger partial charge in [-0.3, -0.25) is 4.79 Å². The molecular formula is C8H6BrFO. The fourth-order valence-electron chi connectivity index (χ4n) is 0.773. The van der Waals surface area contributed by atoms with Crippen molar-refractivity contribution in [1.82, 2.24) is 0 Å². The van der Waals surface area contributed by atoms with Gasteiger partial charge in [0.1, 0.15) is 5.82 Å². The molecule has 0 amide bonds. The van der Waals surface area contributed by atoms with Crippen molar-refractivity contribution in [2.75, 3.05) is 0 Å². The normalized spacial score (nSPS) is 9.73. The van der Waals surface area contributed by atoms with Crippen LogP contribution in [0.5, 0.6) is 0 Å². The van der Waals surface area contributed by atoms with Crippen LogP contribution in [0.1, 0.15) is 15.9 Å². The van der Waals surface area contributed by atoms with Gasteiger partial charge in [0.15, 0.2) is 6.29 Å². The van der Waals surface area contributed by atoms with Gasteiger partial charge in [0, 0.05) is 4.47 Å². The first-order valence-corrected chi connectivity index (χ1v) is 3.86. The van der Waals surface area contributed by atoms with Gasteiger partial charge in [0.05, 0.1) is 5.56 Å². The first-order chi connectivity index (χ1) is 5.16. The summed E-state index contributed by atoms with van der Waals surface area (Å²) in [6, 6.07) is 3.10. The maximum atomic E-state index is 13.0. The van der Waals surface area contributed by atoms with E-state index in [0.29, 0.717) is 16.3 Å². The standard InChI is InChI=1S/C8H6BrFO/c1-5-7(9)3-2-6(4-11)8(5)10/h2-4H,1H3. The summed E-state index contributed by atoms with van der Waals surface area (Å²) in [7, 11) is 0. The van der Waals surface area contributed by atoms with Gasteiger partial charge in [0.2, 0.25) is 0 Å². The third kappa shape index (κ3) is 1.48. The van der Waals surface area contributed by atoms with E-state index in [4.69, 9.17) is 0 Å². The van der Waals surface area contributed by atoms with E-state index < -0.39 is 5.82 Å². The SMILES string of the molecule is Cc1c(Br)ccc(C=O)c1F. The lowest BCUT2D eigenvalue weighted by Gasteiger charge is -2.00. The Balaban J connectivity index is 3.36. The number of hydrogen-bond acceptors (Lipinski definition) is 1. The van der Waals surface area contributed by atoms with E-state index in [-0.39, 0.29) is 5.56 Å². The third-order valence-electron chi connectivity index (χ3n) is 1.48. The van der Waals surface area contributed by atoms with Gasteiger partial charge in [-0.25, -0.2) is 4.39 Å². The molecule has 0 fully saturated rings. The largest absolute Gasteiger partial charge is 0.298 e. The zero-order chi connectivity index (χ0) is 8.43. The Morgan fingerprint density at radius 2 is 2.18 bits per heavy atom. The molecule has 0 N–H and O–H groups in total. The Labute approximate surface area is 72.4 Å². The summed E-state index contributed by atoms with van der Waals surface area (Å²) in [4.78, 5) is 10.2. The molecule has 0 aliphatic heterocycles. The zero-order valence-electron chi connectivity index (χ0n) is 5.90. The Hall–Kier alpha value is -0.700. The van der Waals surface area contributed by atoms with Crippen LogP contribution in [0.15, 0.2) is 16.6 Å². The van der Waals surface area contributed by atoms with Crippen molar-refractivity contribution in [3.05, 3.63) is 33.5 Å². The number of rotatable bonds is 1. The Morgan fingerprint density at radius 3 is 2.73 bits per heavy atom. The molecule has 1 rings (SSSR count). The number of halogens is 2. The summed E-state index contributed by atoms with van der Waals surface area (Å²) < 4.78 is 13.7. The molecule has 0 saturated heterocycles. The van der Waals surface area contributed by atoms with Crippen molar-refractivity contribution in [2.45, 2.75) is 6.92 Å². The topological polar surface area (TPSA) is 17.1 Å². The highest BCUT2D eigenvalue weighted by atomic mass is 79.9. The van der Waals surface area contributed by atoms with Crippen LogP contribution in [0, 0.1) is 12.7 Å². The van der Waals surface area contributed by atoms with Gasteiger partial charge in [0.25, 0.3) is 0 Å². The minimum atomic E-state index is -0.450. The van der Waals surface area contributed by atoms with Crippen LogP contribution in [0.3, 0.4) is 0 Å². The summed E-state index contributed by atoms with van der Waals surface area (Å²) in [5.41, 5.74) is 0.570. The van der Waals surface area contributed by atoms with E-state index in [1.54, 1.807) is 13.0 Å². The number of benzene rings is 1. The molecule has 11 heavy (non-hydrogen) atoms. The molecule has 0 aromatic heterocycles. The first kappa shape index (κ1) is 8.40. The molecular weight excluding hydrogens is 211 g/mol. The van der Waals surface area contributed by atoms with E-state index in [9.17, 15) is 9.18 Å². The second-order valence-electron chi connectivity index (χ2n) is 2.19. The first-order valence-electron chi connectivity index (χ1n) is 3.06. The highest BCUT2D eigenvalue weighted by Crippen LogP contribution is 2.20. The molecule has 0 saturated carbocycles. The average molecular weight is 217 g/mol. The summed E-state index contributed by atoms with van der Waals surface area (Å²) in [5, 5.41) is 0. The van der Waals surface area contributed by atoms with Crippen LogP contribution >= 0.6 is 15.9 Å². The molecule has 1 aromatic rings. The minimum absolute atomic E-state index is 0.103. The van der Waals surface area contributed by atoms with Gasteiger partial charge >= 0.3 is 0 Å². The molecule has 0 aliphatic carbocycles. The third-order valence-corrected chi connectivity index (χ3v) is 2.34. The van der Waals surface area contributed by atoms with Crippen LogP contribution in [-0.2, 0) is 0 Å². The molecule has 1 nitrogen and oxygen atoms in total. The summed E-state index contributed by atoms with van der Waals surface area (Å²) >= 11 is 3.15. The highest BCUT2D eigenvalue weighted by Gasteiger charge is 2.06. The number of aldehydes is 1. The van der Waals surface area contributed by atoms with Crippen LogP contribution in [0.2, 0.25) is 0 Å². The second-order valence-corrected chi connectivity index (χ2v) is 3.05. The van der Waals surface area contributed by atoms with E-state index >= 15 is 0 Å². The van der Waals surface area contributed by atoms with Crippen LogP contribution < -0.4 is 0 Å². The second kappa shape index (κ2) is 3.13. The number of hydrogen-bond donors (Lipinski definition) is 0. The summed E-state index contributed by atoms with van der Waals surface area (Å²) in [6.07, 6.45) is 0.509. The van der Waals surface area contributed by atoms with Crippen molar-refractivity contribution in [1.29, 1.82) is 0 Å². The van der Waals surface area contributed by atoms with Crippen molar-refractivity contribution in [3.8, 4) is 0 Å². The lowest BCUT2D eigenvalue weighted by molar-refractivity contribution is 0.111. The van der Waals surface area contributed by atoms with Crippen molar-refractivity contribution in [3.63, 3.8) is 0 Å². The molecule has 0 aliphatic rings. The molecule has 3 heteroatoms. The highest BCUT2D eigenvalue weighted by molar-refractivity contribution is 9.10. The molecule has 0 atom stereocenters. The van der Waals surface area contributed by atoms with Crippen LogP contribution in [0.4, 0.5) is 4.39 Å². The average Bonchev–Trinajstić information content (AvgIpc) is 2.01. The Bertz CT molecular complexity index is 296. The smallest absolute Gasteiger partial charge is 0.153 e. The van der Waals surface area contributed by atoms with Crippen molar-refractivity contribution >= 4 is 22.2 Å². The van der Waals surface area contributed by atoms with Crippen LogP contribution in [0.25, 0.3) is 0 Å². The Morgan fingerprint density at radius 1 is 1.55 bits per heavy atom. The zero-order valence-corrected chi connectivity index (χ0v) is 7.48. The Kier molecular flexibility index (Phi) is 2.39. The van der Waals surface area contributed by atoms with Crippen molar-refractivity contribution < 1.29 is 9.18 Å². The van der Waals surface area contributed by atoms with Gasteiger partial charge in [-0.2, -0.15) is 0 Å². The van der Waals surface area contributed by atoms with E-state index in [1.165, 1.54) is 6.07 Å². The van der Waals surface area contributed by atoms with E-state index in [1.807, 2.05) is 0 Å². The number of carbonyl (C=O) groups is 1. The lowest BCUT2D eigenvalue weighted by atomic mass is 10.1. The fourth-order valence-corrected chi connectivity index (χ4v) is 1.08. The maximum Gasteiger partial charge on any atom is 0.153 e. The maximum absolute atomic E-state index is 13.0. The quantitative estimate of drug-likeness (QED) is 0.661. The molecule has 58 valence electrons. The van der Waals surface area contributed by atoms with E-state index in [2.05, 4.69) is 15.9 Å². The molecule has 0 heterocycles. The van der Waals surface area contributed by atoms with Gasteiger partial charge in [-0.1, -0.05) is 15.9 Å². The van der Waals surface area contributed by atoms with E-state index in [0.717, 1.165) is 0 Å². The number of carbonyl (C=O) groups excluding carboxylic acids is 1. The predicted octanol–water partition coefficient (Wildman–Crippen LogP) is 2.71. The van der Waals surface area contributed by atoms with Gasteiger partial charge in [-0.05, 0) is 24.6 Å². The van der Waals surface area contributed by atoms with Crippen LogP contribution in [-0.4, -0.2) is 6.29 Å². The monoisotopic (exact) mass is 216 g/mol. The summed E-state index contributed by atoms with van der Waals surface area (Å²) in [6.45, 7) is 1.62. The minimum Gasteiger partial charge on any atom is -0.298 e. The summed E-state index contributed by atoms with van der Waals surface area (Å²) in [5.74, 6) is -0.450. The van der Waals surface area contributed by atoms with Crippen molar-refractivity contribution in [2.24, 2.45) is 0 Å². The lowest BCUT2D eigenvalue weighted by Crippen LogP contribution is -1.91. The molecule has 0 unspecified atom stereocenters. The predicted molar refractivity (Wildman–Crippen MR) is 44.2 cm³/mol.